The Hall–Kier alpha value is -2.78. The zero-order valence-electron chi connectivity index (χ0n) is 15.8. The van der Waals surface area contributed by atoms with E-state index in [1.807, 2.05) is 24.3 Å². The van der Waals surface area contributed by atoms with Crippen LogP contribution in [-0.2, 0) is 10.0 Å². The molecule has 0 aliphatic carbocycles. The molecule has 0 radical (unpaired) electrons. The summed E-state index contributed by atoms with van der Waals surface area (Å²) in [6.07, 6.45) is 0. The fourth-order valence-electron chi connectivity index (χ4n) is 3.16. The summed E-state index contributed by atoms with van der Waals surface area (Å²) >= 11 is 0. The van der Waals surface area contributed by atoms with Crippen LogP contribution in [0.15, 0.2) is 47.4 Å². The van der Waals surface area contributed by atoms with E-state index in [1.54, 1.807) is 12.0 Å². The van der Waals surface area contributed by atoms with Crippen molar-refractivity contribution in [1.29, 1.82) is 0 Å². The third-order valence-electron chi connectivity index (χ3n) is 4.73. The molecule has 1 fully saturated rings. The quantitative estimate of drug-likeness (QED) is 0.805. The second kappa shape index (κ2) is 8.07. The molecule has 1 saturated heterocycles. The lowest BCUT2D eigenvalue weighted by Gasteiger charge is -2.36. The zero-order valence-corrected chi connectivity index (χ0v) is 16.6. The number of amides is 1. The maximum Gasteiger partial charge on any atom is 0.257 e. The van der Waals surface area contributed by atoms with Gasteiger partial charge in [-0.15, -0.1) is 0 Å². The van der Waals surface area contributed by atoms with E-state index in [0.29, 0.717) is 31.9 Å². The summed E-state index contributed by atoms with van der Waals surface area (Å²) < 4.78 is 33.7. The third kappa shape index (κ3) is 4.20. The van der Waals surface area contributed by atoms with Crippen LogP contribution in [0.2, 0.25) is 0 Å². The summed E-state index contributed by atoms with van der Waals surface area (Å²) in [5.74, 6) is 0.825. The highest BCUT2D eigenvalue weighted by Gasteiger charge is 2.26. The number of benzene rings is 2. The van der Waals surface area contributed by atoms with Gasteiger partial charge in [0.25, 0.3) is 5.91 Å². The van der Waals surface area contributed by atoms with Crippen molar-refractivity contribution in [1.82, 2.24) is 4.90 Å². The molecule has 150 valence electrons. The van der Waals surface area contributed by atoms with Crippen LogP contribution in [0.25, 0.3) is 0 Å². The van der Waals surface area contributed by atoms with Gasteiger partial charge in [0.15, 0.2) is 0 Å². The second-order valence-corrected chi connectivity index (χ2v) is 7.95. The number of ether oxygens (including phenoxy) is 2. The Morgan fingerprint density at radius 2 is 1.61 bits per heavy atom. The van der Waals surface area contributed by atoms with E-state index in [1.165, 1.54) is 25.3 Å². The van der Waals surface area contributed by atoms with Crippen molar-refractivity contribution in [3.05, 3.63) is 48.0 Å². The van der Waals surface area contributed by atoms with Crippen molar-refractivity contribution >= 4 is 21.6 Å². The fraction of sp³-hybridized carbons (Fsp3) is 0.316. The van der Waals surface area contributed by atoms with Crippen molar-refractivity contribution in [3.63, 3.8) is 0 Å². The topological polar surface area (TPSA) is 102 Å². The van der Waals surface area contributed by atoms with Crippen LogP contribution in [0, 0.1) is 0 Å². The third-order valence-corrected chi connectivity index (χ3v) is 5.65. The Bertz CT molecular complexity index is 952. The fourth-order valence-corrected chi connectivity index (χ4v) is 3.70. The lowest BCUT2D eigenvalue weighted by Crippen LogP contribution is -2.48. The molecule has 8 nitrogen and oxygen atoms in total. The average molecular weight is 405 g/mol. The lowest BCUT2D eigenvalue weighted by atomic mass is 10.1. The number of primary sulfonamides is 1. The maximum absolute atomic E-state index is 13.0. The molecule has 1 aliphatic heterocycles. The summed E-state index contributed by atoms with van der Waals surface area (Å²) in [4.78, 5) is 16.7. The number of sulfonamides is 1. The summed E-state index contributed by atoms with van der Waals surface area (Å²) in [7, 11) is -0.851. The van der Waals surface area contributed by atoms with E-state index in [0.717, 1.165) is 11.4 Å². The van der Waals surface area contributed by atoms with Crippen molar-refractivity contribution in [3.8, 4) is 11.5 Å². The Morgan fingerprint density at radius 1 is 0.964 bits per heavy atom. The van der Waals surface area contributed by atoms with Crippen molar-refractivity contribution < 1.29 is 22.7 Å². The number of piperazine rings is 1. The molecule has 0 spiro atoms. The molecule has 1 amide bonds. The Labute approximate surface area is 164 Å². The highest BCUT2D eigenvalue weighted by molar-refractivity contribution is 7.89. The molecular formula is C19H23N3O5S. The standard InChI is InChI=1S/C19H23N3O5S/c1-26-15-5-3-14(4-6-15)21-9-11-22(12-10-21)19(23)17-13-16(28(20,24)25)7-8-18(17)27-2/h3-8,13H,9-12H2,1-2H3,(H2,20,24,25). The minimum atomic E-state index is -3.91. The predicted octanol–water partition coefficient (Wildman–Crippen LogP) is 1.31. The number of anilines is 1. The van der Waals surface area contributed by atoms with Gasteiger partial charge in [0.2, 0.25) is 10.0 Å². The molecule has 3 rings (SSSR count). The number of methoxy groups -OCH3 is 2. The zero-order chi connectivity index (χ0) is 20.3. The summed E-state index contributed by atoms with van der Waals surface area (Å²) in [6, 6.07) is 11.8. The van der Waals surface area contributed by atoms with Gasteiger partial charge in [-0.05, 0) is 42.5 Å². The monoisotopic (exact) mass is 405 g/mol. The van der Waals surface area contributed by atoms with Crippen molar-refractivity contribution in [2.24, 2.45) is 5.14 Å². The highest BCUT2D eigenvalue weighted by atomic mass is 32.2. The van der Waals surface area contributed by atoms with Gasteiger partial charge in [-0.3, -0.25) is 4.79 Å². The number of hydrogen-bond donors (Lipinski definition) is 1. The number of nitrogens with zero attached hydrogens (tertiary/aromatic N) is 2. The van der Waals surface area contributed by atoms with E-state index < -0.39 is 10.0 Å². The van der Waals surface area contributed by atoms with Crippen molar-refractivity contribution in [2.75, 3.05) is 45.3 Å². The van der Waals surface area contributed by atoms with Gasteiger partial charge < -0.3 is 19.3 Å². The van der Waals surface area contributed by atoms with Gasteiger partial charge in [0.05, 0.1) is 24.7 Å². The van der Waals surface area contributed by atoms with Crippen LogP contribution in [0.4, 0.5) is 5.69 Å². The minimum Gasteiger partial charge on any atom is -0.497 e. The van der Waals surface area contributed by atoms with E-state index >= 15 is 0 Å². The molecule has 9 heteroatoms. The van der Waals surface area contributed by atoms with E-state index in [2.05, 4.69) is 4.90 Å². The molecule has 1 aliphatic rings. The number of carbonyl (C=O) groups is 1. The molecule has 0 saturated carbocycles. The lowest BCUT2D eigenvalue weighted by molar-refractivity contribution is 0.0743. The number of hydrogen-bond acceptors (Lipinski definition) is 6. The van der Waals surface area contributed by atoms with Crippen LogP contribution in [-0.4, -0.2) is 59.6 Å². The normalized spacial score (nSPS) is 14.7. The minimum absolute atomic E-state index is 0.117. The largest absolute Gasteiger partial charge is 0.497 e. The van der Waals surface area contributed by atoms with Crippen molar-refractivity contribution in [2.45, 2.75) is 4.90 Å². The number of nitrogens with two attached hydrogens (primary N) is 1. The number of carbonyl (C=O) groups excluding carboxylic acids is 1. The molecule has 2 N–H and O–H groups in total. The SMILES string of the molecule is COc1ccc(N2CCN(C(=O)c3cc(S(N)(=O)=O)ccc3OC)CC2)cc1. The van der Waals surface area contributed by atoms with Crippen LogP contribution in [0.1, 0.15) is 10.4 Å². The van der Waals surface area contributed by atoms with Gasteiger partial charge in [0.1, 0.15) is 11.5 Å². The molecule has 28 heavy (non-hydrogen) atoms. The van der Waals surface area contributed by atoms with Gasteiger partial charge in [-0.25, -0.2) is 13.6 Å². The summed E-state index contributed by atoms with van der Waals surface area (Å²) in [5, 5.41) is 5.19. The summed E-state index contributed by atoms with van der Waals surface area (Å²) in [6.45, 7) is 2.34. The smallest absolute Gasteiger partial charge is 0.257 e. The first kappa shape index (κ1) is 20.0. The second-order valence-electron chi connectivity index (χ2n) is 6.38. The van der Waals surface area contributed by atoms with Gasteiger partial charge >= 0.3 is 0 Å². The Morgan fingerprint density at radius 3 is 2.14 bits per heavy atom. The number of rotatable bonds is 5. The predicted molar refractivity (Wildman–Crippen MR) is 105 cm³/mol. The Balaban J connectivity index is 1.74. The van der Waals surface area contributed by atoms with Gasteiger partial charge in [-0.2, -0.15) is 0 Å². The van der Waals surface area contributed by atoms with Gasteiger partial charge in [0, 0.05) is 31.9 Å². The first-order valence-corrected chi connectivity index (χ1v) is 10.3. The Kier molecular flexibility index (Phi) is 5.76. The summed E-state index contributed by atoms with van der Waals surface area (Å²) in [5.41, 5.74) is 1.24. The first-order chi connectivity index (χ1) is 13.3. The van der Waals surface area contributed by atoms with E-state index in [-0.39, 0.29) is 16.4 Å². The van der Waals surface area contributed by atoms with Crippen LogP contribution in [0.5, 0.6) is 11.5 Å². The maximum atomic E-state index is 13.0. The van der Waals surface area contributed by atoms with E-state index in [4.69, 9.17) is 14.6 Å². The first-order valence-electron chi connectivity index (χ1n) is 8.72. The van der Waals surface area contributed by atoms with Gasteiger partial charge in [-0.1, -0.05) is 0 Å². The molecule has 1 heterocycles. The average Bonchev–Trinajstić information content (AvgIpc) is 2.72. The van der Waals surface area contributed by atoms with Crippen LogP contribution in [0.3, 0.4) is 0 Å². The molecule has 0 aromatic heterocycles. The molecule has 2 aromatic carbocycles. The molecule has 0 unspecified atom stereocenters. The van der Waals surface area contributed by atoms with Crippen LogP contribution >= 0.6 is 0 Å². The molecule has 0 atom stereocenters. The molecule has 0 bridgehead atoms. The molecular weight excluding hydrogens is 382 g/mol. The molecule has 2 aromatic rings. The highest BCUT2D eigenvalue weighted by Crippen LogP contribution is 2.25. The van der Waals surface area contributed by atoms with E-state index in [9.17, 15) is 13.2 Å². The van der Waals surface area contributed by atoms with Crippen LogP contribution < -0.4 is 19.5 Å².